The molecular formula is C21H22O3. The van der Waals surface area contributed by atoms with Crippen LogP contribution in [0.1, 0.15) is 23.6 Å². The van der Waals surface area contributed by atoms with E-state index in [1.807, 2.05) is 55.5 Å². The van der Waals surface area contributed by atoms with Crippen LogP contribution in [0.3, 0.4) is 0 Å². The molecule has 3 heteroatoms. The number of allylic oxidation sites excluding steroid dienone is 1. The molecule has 124 valence electrons. The lowest BCUT2D eigenvalue weighted by molar-refractivity contribution is -0.134. The highest BCUT2D eigenvalue weighted by Gasteiger charge is 2.05. The van der Waals surface area contributed by atoms with Gasteiger partial charge in [-0.05, 0) is 36.6 Å². The molecule has 0 fully saturated rings. The van der Waals surface area contributed by atoms with Gasteiger partial charge in [-0.15, -0.1) is 0 Å². The topological polar surface area (TPSA) is 35.5 Å². The molecule has 0 amide bonds. The summed E-state index contributed by atoms with van der Waals surface area (Å²) in [5.74, 6) is 0.365. The Morgan fingerprint density at radius 1 is 1.08 bits per heavy atom. The Kier molecular flexibility index (Phi) is 6.84. The van der Waals surface area contributed by atoms with E-state index in [1.165, 1.54) is 18.7 Å². The number of carbonyl (C=O) groups excluding carboxylic acids is 1. The van der Waals surface area contributed by atoms with Crippen molar-refractivity contribution in [2.24, 2.45) is 0 Å². The lowest BCUT2D eigenvalue weighted by Gasteiger charge is -2.10. The van der Waals surface area contributed by atoms with Crippen molar-refractivity contribution < 1.29 is 14.3 Å². The summed E-state index contributed by atoms with van der Waals surface area (Å²) in [5, 5.41) is 0. The molecule has 0 atom stereocenters. The van der Waals surface area contributed by atoms with E-state index in [4.69, 9.17) is 4.74 Å². The highest BCUT2D eigenvalue weighted by atomic mass is 16.5. The van der Waals surface area contributed by atoms with Gasteiger partial charge in [0, 0.05) is 11.6 Å². The Balaban J connectivity index is 2.23. The molecule has 0 radical (unpaired) electrons. The molecule has 0 bridgehead atoms. The van der Waals surface area contributed by atoms with E-state index < -0.39 is 0 Å². The molecule has 0 aromatic heterocycles. The molecule has 0 saturated heterocycles. The van der Waals surface area contributed by atoms with E-state index in [2.05, 4.69) is 16.9 Å². The van der Waals surface area contributed by atoms with E-state index in [9.17, 15) is 4.79 Å². The number of hydrogen-bond acceptors (Lipinski definition) is 3. The predicted molar refractivity (Wildman–Crippen MR) is 97.0 cm³/mol. The Morgan fingerprint density at radius 2 is 1.88 bits per heavy atom. The molecule has 0 heterocycles. The van der Waals surface area contributed by atoms with Crippen molar-refractivity contribution in [3.8, 4) is 5.75 Å². The fourth-order valence-electron chi connectivity index (χ4n) is 2.24. The first-order valence-corrected chi connectivity index (χ1v) is 7.89. The second kappa shape index (κ2) is 9.36. The van der Waals surface area contributed by atoms with E-state index in [-0.39, 0.29) is 5.97 Å². The fourth-order valence-corrected chi connectivity index (χ4v) is 2.24. The highest BCUT2D eigenvalue weighted by molar-refractivity contribution is 5.87. The van der Waals surface area contributed by atoms with Crippen LogP contribution in [-0.4, -0.2) is 19.7 Å². The van der Waals surface area contributed by atoms with Crippen LogP contribution in [0.5, 0.6) is 5.75 Å². The molecule has 3 nitrogen and oxygen atoms in total. The minimum Gasteiger partial charge on any atom is -0.489 e. The van der Waals surface area contributed by atoms with E-state index in [0.717, 1.165) is 23.3 Å². The van der Waals surface area contributed by atoms with Gasteiger partial charge in [0.1, 0.15) is 12.4 Å². The first-order chi connectivity index (χ1) is 11.7. The second-order valence-electron chi connectivity index (χ2n) is 5.27. The third kappa shape index (κ3) is 5.43. The van der Waals surface area contributed by atoms with Crippen LogP contribution < -0.4 is 4.74 Å². The summed E-state index contributed by atoms with van der Waals surface area (Å²) in [5.41, 5.74) is 3.25. The lowest BCUT2D eigenvalue weighted by atomic mass is 10.0. The Bertz CT molecular complexity index is 715. The molecule has 0 aliphatic heterocycles. The average Bonchev–Trinajstić information content (AvgIpc) is 2.62. The summed E-state index contributed by atoms with van der Waals surface area (Å²) in [7, 11) is 1.36. The van der Waals surface area contributed by atoms with Gasteiger partial charge in [-0.2, -0.15) is 0 Å². The van der Waals surface area contributed by atoms with Crippen LogP contribution in [0, 0.1) is 0 Å². The summed E-state index contributed by atoms with van der Waals surface area (Å²) >= 11 is 0. The fraction of sp³-hybridized carbons (Fsp3) is 0.190. The summed E-state index contributed by atoms with van der Waals surface area (Å²) in [6.07, 6.45) is 7.83. The number of rotatable bonds is 7. The smallest absolute Gasteiger partial charge is 0.330 e. The third-order valence-corrected chi connectivity index (χ3v) is 3.50. The van der Waals surface area contributed by atoms with Gasteiger partial charge in [-0.1, -0.05) is 54.6 Å². The van der Waals surface area contributed by atoms with Crippen molar-refractivity contribution in [2.75, 3.05) is 13.7 Å². The molecule has 2 aromatic rings. The Labute approximate surface area is 143 Å². The molecule has 2 rings (SSSR count). The minimum absolute atomic E-state index is 0.386. The molecule has 0 spiro atoms. The van der Waals surface area contributed by atoms with Crippen LogP contribution in [0.15, 0.2) is 66.8 Å². The lowest BCUT2D eigenvalue weighted by Crippen LogP contribution is -1.98. The maximum Gasteiger partial charge on any atom is 0.330 e. The summed E-state index contributed by atoms with van der Waals surface area (Å²) in [6.45, 7) is 2.44. The first kappa shape index (κ1) is 17.5. The summed E-state index contributed by atoms with van der Waals surface area (Å²) < 4.78 is 10.5. The average molecular weight is 322 g/mol. The quantitative estimate of drug-likeness (QED) is 0.430. The zero-order valence-corrected chi connectivity index (χ0v) is 14.1. The van der Waals surface area contributed by atoms with Crippen molar-refractivity contribution in [1.29, 1.82) is 0 Å². The molecule has 0 saturated carbocycles. The van der Waals surface area contributed by atoms with E-state index in [1.54, 1.807) is 6.08 Å². The minimum atomic E-state index is -0.386. The van der Waals surface area contributed by atoms with Crippen LogP contribution >= 0.6 is 0 Å². The van der Waals surface area contributed by atoms with Crippen molar-refractivity contribution in [3.05, 3.63) is 83.4 Å². The van der Waals surface area contributed by atoms with Crippen molar-refractivity contribution >= 4 is 12.0 Å². The maximum atomic E-state index is 11.3. The van der Waals surface area contributed by atoms with Gasteiger partial charge in [0.05, 0.1) is 7.11 Å². The molecule has 0 aliphatic carbocycles. The van der Waals surface area contributed by atoms with Gasteiger partial charge in [0.25, 0.3) is 0 Å². The summed E-state index contributed by atoms with van der Waals surface area (Å²) in [6, 6.07) is 16.3. The maximum absolute atomic E-state index is 11.3. The van der Waals surface area contributed by atoms with Crippen molar-refractivity contribution in [1.82, 2.24) is 0 Å². The van der Waals surface area contributed by atoms with E-state index in [0.29, 0.717) is 6.61 Å². The SMILES string of the molecule is C/C=C/COc1cc(Cc2ccccc2)ccc1/C=C/C(=O)OC. The largest absolute Gasteiger partial charge is 0.489 e. The van der Waals surface area contributed by atoms with Crippen molar-refractivity contribution in [3.63, 3.8) is 0 Å². The van der Waals surface area contributed by atoms with Crippen LogP contribution in [0.4, 0.5) is 0 Å². The predicted octanol–water partition coefficient (Wildman–Crippen LogP) is 4.42. The number of hydrogen-bond donors (Lipinski definition) is 0. The van der Waals surface area contributed by atoms with Crippen LogP contribution in [0.25, 0.3) is 6.08 Å². The van der Waals surface area contributed by atoms with Gasteiger partial charge in [0.2, 0.25) is 0 Å². The summed E-state index contributed by atoms with van der Waals surface area (Å²) in [4.78, 5) is 11.3. The van der Waals surface area contributed by atoms with Gasteiger partial charge >= 0.3 is 5.97 Å². The zero-order valence-electron chi connectivity index (χ0n) is 14.1. The van der Waals surface area contributed by atoms with Gasteiger partial charge < -0.3 is 9.47 Å². The van der Waals surface area contributed by atoms with E-state index >= 15 is 0 Å². The molecule has 0 unspecified atom stereocenters. The molecule has 0 aliphatic rings. The standard InChI is InChI=1S/C21H22O3/c1-3-4-14-24-20-16-18(15-17-8-6-5-7-9-17)10-11-19(20)12-13-21(22)23-2/h3-13,16H,14-15H2,1-2H3/b4-3+,13-12+. The van der Waals surface area contributed by atoms with Gasteiger partial charge in [-0.25, -0.2) is 4.79 Å². The number of esters is 1. The number of methoxy groups -OCH3 is 1. The van der Waals surface area contributed by atoms with Gasteiger partial charge in [-0.3, -0.25) is 0 Å². The molecule has 0 N–H and O–H groups in total. The van der Waals surface area contributed by atoms with Crippen molar-refractivity contribution in [2.45, 2.75) is 13.3 Å². The number of ether oxygens (including phenoxy) is 2. The van der Waals surface area contributed by atoms with Crippen LogP contribution in [-0.2, 0) is 16.0 Å². The molecule has 2 aromatic carbocycles. The van der Waals surface area contributed by atoms with Gasteiger partial charge in [0.15, 0.2) is 0 Å². The number of benzene rings is 2. The number of carbonyl (C=O) groups is 1. The normalized spacial score (nSPS) is 11.1. The molecule has 24 heavy (non-hydrogen) atoms. The van der Waals surface area contributed by atoms with Crippen LogP contribution in [0.2, 0.25) is 0 Å². The monoisotopic (exact) mass is 322 g/mol. The second-order valence-corrected chi connectivity index (χ2v) is 5.27. The Hall–Kier alpha value is -2.81. The first-order valence-electron chi connectivity index (χ1n) is 7.89. The molecular weight excluding hydrogens is 300 g/mol. The zero-order chi connectivity index (χ0) is 17.2. The third-order valence-electron chi connectivity index (χ3n) is 3.50. The highest BCUT2D eigenvalue weighted by Crippen LogP contribution is 2.24. The Morgan fingerprint density at radius 3 is 2.58 bits per heavy atom.